The summed E-state index contributed by atoms with van der Waals surface area (Å²) in [5.74, 6) is -1.54. The molecule has 2 heterocycles. The Morgan fingerprint density at radius 2 is 1.67 bits per heavy atom. The number of halogens is 1. The van der Waals surface area contributed by atoms with Gasteiger partial charge in [-0.25, -0.2) is 4.39 Å². The molecule has 9 nitrogen and oxygen atoms in total. The van der Waals surface area contributed by atoms with Crippen molar-refractivity contribution < 1.29 is 28.3 Å². The van der Waals surface area contributed by atoms with Crippen LogP contribution < -0.4 is 20.7 Å². The standard InChI is InChI=1S/C36H41FN4O5/c37-30-15-14-29-21-28(30)23-38-35(44)31(16-13-25-8-3-1-4-9-25)40-36(45)32(39-33(42)20-26-10-5-2-6-11-26)22-34(43)41-18-7-12-27(24-41)17-19-46-29/h1-6,8-11,14-15,21,27,31-32H,7,12-13,16-20,22-24H2,(H,38,44)(H,39,42)(H,40,45)/t27?,31-,32-/m0/s1. The van der Waals surface area contributed by atoms with E-state index in [2.05, 4.69) is 16.0 Å². The summed E-state index contributed by atoms with van der Waals surface area (Å²) in [5.41, 5.74) is 2.01. The highest BCUT2D eigenvalue weighted by Crippen LogP contribution is 2.23. The molecule has 4 amide bonds. The first-order valence-electron chi connectivity index (χ1n) is 16.0. The molecule has 242 valence electrons. The van der Waals surface area contributed by atoms with E-state index < -0.39 is 35.6 Å². The van der Waals surface area contributed by atoms with Crippen LogP contribution in [0.15, 0.2) is 78.9 Å². The minimum atomic E-state index is -1.19. The highest BCUT2D eigenvalue weighted by molar-refractivity contribution is 5.95. The van der Waals surface area contributed by atoms with Gasteiger partial charge >= 0.3 is 0 Å². The number of benzene rings is 3. The van der Waals surface area contributed by atoms with E-state index in [0.29, 0.717) is 38.3 Å². The van der Waals surface area contributed by atoms with Crippen LogP contribution in [-0.2, 0) is 38.6 Å². The van der Waals surface area contributed by atoms with Crippen molar-refractivity contribution in [1.29, 1.82) is 0 Å². The Bertz CT molecular complexity index is 1500. The summed E-state index contributed by atoms with van der Waals surface area (Å²) in [6.45, 7) is 1.37. The zero-order valence-corrected chi connectivity index (χ0v) is 25.9. The van der Waals surface area contributed by atoms with Gasteiger partial charge in [-0.3, -0.25) is 19.2 Å². The van der Waals surface area contributed by atoms with Crippen LogP contribution in [0, 0.1) is 11.7 Å². The lowest BCUT2D eigenvalue weighted by Gasteiger charge is -2.34. The Kier molecular flexibility index (Phi) is 11.4. The third-order valence-corrected chi connectivity index (χ3v) is 8.57. The molecule has 1 unspecified atom stereocenters. The lowest BCUT2D eigenvalue weighted by Crippen LogP contribution is -2.55. The van der Waals surface area contributed by atoms with Gasteiger partial charge in [-0.1, -0.05) is 60.7 Å². The molecule has 10 heteroatoms. The maximum absolute atomic E-state index is 14.7. The van der Waals surface area contributed by atoms with Crippen LogP contribution >= 0.6 is 0 Å². The predicted molar refractivity (Wildman–Crippen MR) is 171 cm³/mol. The molecule has 1 fully saturated rings. The number of ether oxygens (including phenoxy) is 1. The largest absolute Gasteiger partial charge is 0.494 e. The summed E-state index contributed by atoms with van der Waals surface area (Å²) in [7, 11) is 0. The number of nitrogens with zero attached hydrogens (tertiary/aromatic N) is 1. The molecule has 3 aromatic rings. The summed E-state index contributed by atoms with van der Waals surface area (Å²) in [6, 6.07) is 20.9. The first-order chi connectivity index (χ1) is 22.3. The number of amides is 4. The van der Waals surface area contributed by atoms with Crippen LogP contribution in [-0.4, -0.2) is 60.3 Å². The molecule has 3 N–H and O–H groups in total. The number of aryl methyl sites for hydroxylation is 1. The molecule has 2 aliphatic rings. The van der Waals surface area contributed by atoms with Crippen molar-refractivity contribution in [2.24, 2.45) is 5.92 Å². The van der Waals surface area contributed by atoms with E-state index >= 15 is 0 Å². The topological polar surface area (TPSA) is 117 Å². The van der Waals surface area contributed by atoms with E-state index in [4.69, 9.17) is 4.74 Å². The van der Waals surface area contributed by atoms with E-state index in [1.54, 1.807) is 17.0 Å². The first kappa shape index (κ1) is 32.7. The number of piperidine rings is 1. The van der Waals surface area contributed by atoms with Crippen LogP contribution in [0.1, 0.15) is 48.8 Å². The van der Waals surface area contributed by atoms with Crippen molar-refractivity contribution in [3.63, 3.8) is 0 Å². The van der Waals surface area contributed by atoms with E-state index in [-0.39, 0.29) is 43.2 Å². The van der Waals surface area contributed by atoms with Gasteiger partial charge in [-0.15, -0.1) is 0 Å². The minimum Gasteiger partial charge on any atom is -0.494 e. The van der Waals surface area contributed by atoms with E-state index in [1.807, 2.05) is 60.7 Å². The zero-order chi connectivity index (χ0) is 32.3. The fourth-order valence-corrected chi connectivity index (χ4v) is 5.99. The van der Waals surface area contributed by atoms with Crippen LogP contribution in [0.3, 0.4) is 0 Å². The van der Waals surface area contributed by atoms with Gasteiger partial charge in [0.15, 0.2) is 0 Å². The van der Waals surface area contributed by atoms with Gasteiger partial charge in [0.2, 0.25) is 23.6 Å². The smallest absolute Gasteiger partial charge is 0.243 e. The van der Waals surface area contributed by atoms with Crippen molar-refractivity contribution in [2.75, 3.05) is 19.7 Å². The Labute approximate surface area is 268 Å². The highest BCUT2D eigenvalue weighted by atomic mass is 19.1. The third kappa shape index (κ3) is 9.39. The average molecular weight is 629 g/mol. The van der Waals surface area contributed by atoms with Gasteiger partial charge in [0.1, 0.15) is 23.7 Å². The predicted octanol–water partition coefficient (Wildman–Crippen LogP) is 3.70. The normalized spacial score (nSPS) is 21.2. The number of carbonyl (C=O) groups excluding carboxylic acids is 4. The number of hydrogen-bond donors (Lipinski definition) is 3. The SMILES string of the molecule is O=C(Cc1ccccc1)N[C@H]1CC(=O)N2CCCC(CCOc3ccc(F)c(c3)CNC(=O)[C@H](CCc3ccccc3)NC1=O)C2. The van der Waals surface area contributed by atoms with Crippen molar-refractivity contribution in [2.45, 2.75) is 63.6 Å². The van der Waals surface area contributed by atoms with Crippen molar-refractivity contribution in [3.8, 4) is 5.75 Å². The average Bonchev–Trinajstić information content (AvgIpc) is 3.06. The highest BCUT2D eigenvalue weighted by Gasteiger charge is 2.32. The molecule has 0 saturated carbocycles. The monoisotopic (exact) mass is 628 g/mol. The lowest BCUT2D eigenvalue weighted by atomic mass is 9.94. The first-order valence-corrected chi connectivity index (χ1v) is 16.0. The molecule has 0 aromatic heterocycles. The molecule has 46 heavy (non-hydrogen) atoms. The van der Waals surface area contributed by atoms with Gasteiger partial charge in [0, 0.05) is 25.2 Å². The van der Waals surface area contributed by atoms with Crippen LogP contribution in [0.25, 0.3) is 0 Å². The molecular weight excluding hydrogens is 587 g/mol. The number of hydrogen-bond acceptors (Lipinski definition) is 5. The summed E-state index contributed by atoms with van der Waals surface area (Å²) < 4.78 is 20.7. The summed E-state index contributed by atoms with van der Waals surface area (Å²) in [4.78, 5) is 55.8. The number of rotatable bonds is 6. The quantitative estimate of drug-likeness (QED) is 0.385. The number of fused-ring (bicyclic) bond motifs is 4. The summed E-state index contributed by atoms with van der Waals surface area (Å²) in [5, 5.41) is 8.33. The fourth-order valence-electron chi connectivity index (χ4n) is 5.99. The van der Waals surface area contributed by atoms with Crippen LogP contribution in [0.2, 0.25) is 0 Å². The molecule has 3 aromatic carbocycles. The molecule has 0 radical (unpaired) electrons. The van der Waals surface area contributed by atoms with Crippen molar-refractivity contribution in [3.05, 3.63) is 101 Å². The molecule has 0 spiro atoms. The maximum atomic E-state index is 14.7. The Morgan fingerprint density at radius 1 is 0.935 bits per heavy atom. The minimum absolute atomic E-state index is 0.0349. The Morgan fingerprint density at radius 3 is 2.43 bits per heavy atom. The molecule has 1 saturated heterocycles. The fraction of sp³-hybridized carbons (Fsp3) is 0.389. The van der Waals surface area contributed by atoms with Crippen LogP contribution in [0.4, 0.5) is 4.39 Å². The van der Waals surface area contributed by atoms with E-state index in [9.17, 15) is 23.6 Å². The third-order valence-electron chi connectivity index (χ3n) is 8.57. The molecular formula is C36H41FN4O5. The Balaban J connectivity index is 1.40. The summed E-state index contributed by atoms with van der Waals surface area (Å²) in [6.07, 6.45) is 2.99. The van der Waals surface area contributed by atoms with Gasteiger partial charge in [0.05, 0.1) is 19.4 Å². The van der Waals surface area contributed by atoms with Gasteiger partial charge in [-0.05, 0) is 67.3 Å². The van der Waals surface area contributed by atoms with Gasteiger partial charge in [-0.2, -0.15) is 0 Å². The van der Waals surface area contributed by atoms with Crippen molar-refractivity contribution in [1.82, 2.24) is 20.9 Å². The van der Waals surface area contributed by atoms with Crippen molar-refractivity contribution >= 4 is 23.6 Å². The molecule has 3 atom stereocenters. The molecule has 0 aliphatic carbocycles. The number of nitrogens with one attached hydrogen (secondary N) is 3. The van der Waals surface area contributed by atoms with Crippen LogP contribution in [0.5, 0.6) is 5.75 Å². The second-order valence-corrected chi connectivity index (χ2v) is 12.0. The number of carbonyl (C=O) groups is 4. The maximum Gasteiger partial charge on any atom is 0.243 e. The Hall–Kier alpha value is -4.73. The second-order valence-electron chi connectivity index (χ2n) is 12.0. The summed E-state index contributed by atoms with van der Waals surface area (Å²) >= 11 is 0. The van der Waals surface area contributed by atoms with E-state index in [1.165, 1.54) is 6.07 Å². The molecule has 4 bridgehead atoms. The molecule has 2 aliphatic heterocycles. The molecule has 5 rings (SSSR count). The second kappa shape index (κ2) is 16.0. The van der Waals surface area contributed by atoms with Gasteiger partial charge < -0.3 is 25.6 Å². The van der Waals surface area contributed by atoms with Gasteiger partial charge in [0.25, 0.3) is 0 Å². The van der Waals surface area contributed by atoms with E-state index in [0.717, 1.165) is 24.0 Å². The zero-order valence-electron chi connectivity index (χ0n) is 25.9. The lowest BCUT2D eigenvalue weighted by molar-refractivity contribution is -0.138.